The Balaban J connectivity index is 2.08. The Kier molecular flexibility index (Phi) is 2.53. The van der Waals surface area contributed by atoms with Gasteiger partial charge in [-0.05, 0) is 28.1 Å². The Hall–Kier alpha value is -1.88. The SMILES string of the molecule is Brc1cn2ccnc2c(Oc2ccccc2)n1. The summed E-state index contributed by atoms with van der Waals surface area (Å²) in [4.78, 5) is 8.49. The molecule has 1 aromatic carbocycles. The maximum Gasteiger partial charge on any atom is 0.264 e. The van der Waals surface area contributed by atoms with Crippen LogP contribution in [-0.2, 0) is 0 Å². The molecule has 2 heterocycles. The number of nitrogens with zero attached hydrogens (tertiary/aromatic N) is 3. The highest BCUT2D eigenvalue weighted by molar-refractivity contribution is 9.10. The largest absolute Gasteiger partial charge is 0.436 e. The minimum atomic E-state index is 0.482. The molecule has 0 spiro atoms. The van der Waals surface area contributed by atoms with Crippen molar-refractivity contribution in [3.05, 3.63) is 53.5 Å². The number of hydrogen-bond acceptors (Lipinski definition) is 3. The molecule has 0 saturated heterocycles. The summed E-state index contributed by atoms with van der Waals surface area (Å²) in [7, 11) is 0. The van der Waals surface area contributed by atoms with Crippen LogP contribution < -0.4 is 4.74 Å². The van der Waals surface area contributed by atoms with Crippen molar-refractivity contribution >= 4 is 21.6 Å². The van der Waals surface area contributed by atoms with Crippen molar-refractivity contribution in [2.75, 3.05) is 0 Å². The predicted molar refractivity (Wildman–Crippen MR) is 67.2 cm³/mol. The number of para-hydroxylation sites is 1. The molecule has 0 N–H and O–H groups in total. The zero-order chi connectivity index (χ0) is 11.7. The molecule has 3 rings (SSSR count). The second-order valence-electron chi connectivity index (χ2n) is 3.44. The lowest BCUT2D eigenvalue weighted by molar-refractivity contribution is 0.464. The van der Waals surface area contributed by atoms with Crippen LogP contribution in [0.25, 0.3) is 5.65 Å². The van der Waals surface area contributed by atoms with Gasteiger partial charge in [0.15, 0.2) is 0 Å². The van der Waals surface area contributed by atoms with E-state index in [4.69, 9.17) is 4.74 Å². The van der Waals surface area contributed by atoms with Crippen molar-refractivity contribution in [3.63, 3.8) is 0 Å². The van der Waals surface area contributed by atoms with E-state index in [2.05, 4.69) is 25.9 Å². The molecule has 5 heteroatoms. The average molecular weight is 290 g/mol. The summed E-state index contributed by atoms with van der Waals surface area (Å²) in [5, 5.41) is 0. The predicted octanol–water partition coefficient (Wildman–Crippen LogP) is 3.28. The Bertz CT molecular complexity index is 651. The summed E-state index contributed by atoms with van der Waals surface area (Å²) >= 11 is 3.34. The Morgan fingerprint density at radius 1 is 1.18 bits per heavy atom. The van der Waals surface area contributed by atoms with E-state index in [0.29, 0.717) is 16.1 Å². The van der Waals surface area contributed by atoms with Gasteiger partial charge < -0.3 is 4.74 Å². The standard InChI is InChI=1S/C12H8BrN3O/c13-10-8-16-7-6-14-11(16)12(15-10)17-9-4-2-1-3-5-9/h1-8H. The van der Waals surface area contributed by atoms with Crippen LogP contribution in [0.1, 0.15) is 0 Å². The van der Waals surface area contributed by atoms with Crippen molar-refractivity contribution in [3.8, 4) is 11.6 Å². The van der Waals surface area contributed by atoms with Crippen LogP contribution in [0.4, 0.5) is 0 Å². The van der Waals surface area contributed by atoms with Gasteiger partial charge in [-0.1, -0.05) is 18.2 Å². The van der Waals surface area contributed by atoms with Crippen LogP contribution in [0, 0.1) is 0 Å². The van der Waals surface area contributed by atoms with E-state index in [-0.39, 0.29) is 0 Å². The molecule has 0 aliphatic heterocycles. The molecule has 0 fully saturated rings. The summed E-state index contributed by atoms with van der Waals surface area (Å²) in [5.74, 6) is 1.22. The van der Waals surface area contributed by atoms with Crippen molar-refractivity contribution in [1.29, 1.82) is 0 Å². The number of ether oxygens (including phenoxy) is 1. The van der Waals surface area contributed by atoms with Crippen molar-refractivity contribution in [1.82, 2.24) is 14.4 Å². The van der Waals surface area contributed by atoms with Gasteiger partial charge in [-0.25, -0.2) is 9.97 Å². The fourth-order valence-corrected chi connectivity index (χ4v) is 1.92. The van der Waals surface area contributed by atoms with Gasteiger partial charge in [0.05, 0.1) is 0 Å². The second-order valence-corrected chi connectivity index (χ2v) is 4.25. The Labute approximate surface area is 106 Å². The van der Waals surface area contributed by atoms with Gasteiger partial charge in [0.2, 0.25) is 5.65 Å². The van der Waals surface area contributed by atoms with Crippen LogP contribution in [0.5, 0.6) is 11.6 Å². The zero-order valence-corrected chi connectivity index (χ0v) is 10.3. The van der Waals surface area contributed by atoms with Gasteiger partial charge >= 0.3 is 0 Å². The number of fused-ring (bicyclic) bond motifs is 1. The topological polar surface area (TPSA) is 39.4 Å². The van der Waals surface area contributed by atoms with E-state index >= 15 is 0 Å². The molecule has 0 bridgehead atoms. The summed E-state index contributed by atoms with van der Waals surface area (Å²) in [5.41, 5.74) is 0.692. The summed E-state index contributed by atoms with van der Waals surface area (Å²) in [6.07, 6.45) is 5.39. The average Bonchev–Trinajstić information content (AvgIpc) is 2.78. The van der Waals surface area contributed by atoms with Crippen LogP contribution in [0.3, 0.4) is 0 Å². The fourth-order valence-electron chi connectivity index (χ4n) is 1.54. The highest BCUT2D eigenvalue weighted by atomic mass is 79.9. The molecule has 0 aliphatic rings. The van der Waals surface area contributed by atoms with Crippen LogP contribution in [-0.4, -0.2) is 14.4 Å². The van der Waals surface area contributed by atoms with Crippen LogP contribution in [0.15, 0.2) is 53.5 Å². The molecule has 84 valence electrons. The van der Waals surface area contributed by atoms with E-state index in [1.807, 2.05) is 47.1 Å². The smallest absolute Gasteiger partial charge is 0.264 e. The highest BCUT2D eigenvalue weighted by Gasteiger charge is 2.08. The number of benzene rings is 1. The fraction of sp³-hybridized carbons (Fsp3) is 0. The third kappa shape index (κ3) is 2.01. The number of hydrogen-bond donors (Lipinski definition) is 0. The molecule has 17 heavy (non-hydrogen) atoms. The number of aromatic nitrogens is 3. The summed E-state index contributed by atoms with van der Waals surface area (Å²) in [6, 6.07) is 9.52. The van der Waals surface area contributed by atoms with Gasteiger partial charge in [-0.3, -0.25) is 4.40 Å². The van der Waals surface area contributed by atoms with E-state index in [1.165, 1.54) is 0 Å². The molecule has 0 atom stereocenters. The van der Waals surface area contributed by atoms with E-state index < -0.39 is 0 Å². The minimum Gasteiger partial charge on any atom is -0.436 e. The monoisotopic (exact) mass is 289 g/mol. The van der Waals surface area contributed by atoms with Gasteiger partial charge in [0.25, 0.3) is 5.88 Å². The number of halogens is 1. The van der Waals surface area contributed by atoms with Crippen molar-refractivity contribution in [2.45, 2.75) is 0 Å². The summed E-state index contributed by atoms with van der Waals surface area (Å²) in [6.45, 7) is 0. The lowest BCUT2D eigenvalue weighted by atomic mass is 10.3. The van der Waals surface area contributed by atoms with Gasteiger partial charge in [0.1, 0.15) is 10.4 Å². The molecule has 3 aromatic rings. The molecule has 0 aliphatic carbocycles. The third-order valence-electron chi connectivity index (χ3n) is 2.27. The molecule has 0 radical (unpaired) electrons. The Morgan fingerprint density at radius 3 is 2.82 bits per heavy atom. The van der Waals surface area contributed by atoms with Crippen LogP contribution >= 0.6 is 15.9 Å². The third-order valence-corrected chi connectivity index (χ3v) is 2.65. The lowest BCUT2D eigenvalue weighted by Crippen LogP contribution is -1.94. The maximum atomic E-state index is 5.71. The zero-order valence-electron chi connectivity index (χ0n) is 8.75. The van der Waals surface area contributed by atoms with Gasteiger partial charge in [-0.15, -0.1) is 0 Å². The van der Waals surface area contributed by atoms with Gasteiger partial charge in [0, 0.05) is 18.6 Å². The second kappa shape index (κ2) is 4.18. The van der Waals surface area contributed by atoms with Crippen LogP contribution in [0.2, 0.25) is 0 Å². The van der Waals surface area contributed by atoms with Crippen molar-refractivity contribution in [2.24, 2.45) is 0 Å². The van der Waals surface area contributed by atoms with E-state index in [0.717, 1.165) is 5.75 Å². The highest BCUT2D eigenvalue weighted by Crippen LogP contribution is 2.24. The first kappa shape index (κ1) is 10.3. The van der Waals surface area contributed by atoms with E-state index in [9.17, 15) is 0 Å². The molecular weight excluding hydrogens is 282 g/mol. The first-order chi connectivity index (χ1) is 8.33. The maximum absolute atomic E-state index is 5.71. The first-order valence-corrected chi connectivity index (χ1v) is 5.84. The molecule has 2 aromatic heterocycles. The first-order valence-electron chi connectivity index (χ1n) is 5.05. The quantitative estimate of drug-likeness (QED) is 0.727. The normalized spacial score (nSPS) is 10.6. The van der Waals surface area contributed by atoms with Gasteiger partial charge in [-0.2, -0.15) is 0 Å². The number of imidazole rings is 1. The lowest BCUT2D eigenvalue weighted by Gasteiger charge is -2.06. The number of rotatable bonds is 2. The Morgan fingerprint density at radius 2 is 2.00 bits per heavy atom. The minimum absolute atomic E-state index is 0.482. The molecule has 0 saturated carbocycles. The molecule has 4 nitrogen and oxygen atoms in total. The molecule has 0 unspecified atom stereocenters. The summed E-state index contributed by atoms with van der Waals surface area (Å²) < 4.78 is 8.27. The van der Waals surface area contributed by atoms with Crippen molar-refractivity contribution < 1.29 is 4.74 Å². The molecule has 0 amide bonds. The molecular formula is C12H8BrN3O. The van der Waals surface area contributed by atoms with E-state index in [1.54, 1.807) is 6.20 Å².